The molecule has 1 aromatic rings. The van der Waals surface area contributed by atoms with Gasteiger partial charge in [0.2, 0.25) is 5.88 Å². The van der Waals surface area contributed by atoms with E-state index in [4.69, 9.17) is 9.84 Å². The van der Waals surface area contributed by atoms with E-state index in [0.717, 1.165) is 12.8 Å². The zero-order valence-electron chi connectivity index (χ0n) is 12.0. The second-order valence-corrected chi connectivity index (χ2v) is 5.36. The molecule has 1 atom stereocenters. The predicted octanol–water partition coefficient (Wildman–Crippen LogP) is 2.00. The molecule has 2 N–H and O–H groups in total. The number of carboxylic acid groups (broad SMARTS) is 1. The summed E-state index contributed by atoms with van der Waals surface area (Å²) in [6.45, 7) is 1.79. The molecular weight excluding hydrogens is 272 g/mol. The molecule has 1 aromatic heterocycles. The van der Waals surface area contributed by atoms with Crippen molar-refractivity contribution in [2.24, 2.45) is 0 Å². The second kappa shape index (κ2) is 7.06. The Hall–Kier alpha value is -2.11. The highest BCUT2D eigenvalue weighted by molar-refractivity contribution is 5.94. The van der Waals surface area contributed by atoms with E-state index in [-0.39, 0.29) is 24.5 Å². The molecule has 1 amide bonds. The summed E-state index contributed by atoms with van der Waals surface area (Å²) in [6, 6.07) is 3.04. The average molecular weight is 292 g/mol. The van der Waals surface area contributed by atoms with Crippen molar-refractivity contribution in [1.29, 1.82) is 0 Å². The van der Waals surface area contributed by atoms with Gasteiger partial charge in [-0.25, -0.2) is 4.98 Å². The number of nitrogens with zero attached hydrogens (tertiary/aromatic N) is 1. The second-order valence-electron chi connectivity index (χ2n) is 5.36. The number of nitrogens with one attached hydrogen (secondary N) is 1. The first-order valence-electron chi connectivity index (χ1n) is 7.20. The van der Waals surface area contributed by atoms with Gasteiger partial charge in [-0.2, -0.15) is 0 Å². The molecule has 1 aliphatic rings. The van der Waals surface area contributed by atoms with Crippen molar-refractivity contribution >= 4 is 11.9 Å². The molecule has 0 spiro atoms. The monoisotopic (exact) mass is 292 g/mol. The van der Waals surface area contributed by atoms with Crippen LogP contribution in [0.15, 0.2) is 18.3 Å². The van der Waals surface area contributed by atoms with Gasteiger partial charge in [0.15, 0.2) is 0 Å². The molecule has 6 heteroatoms. The van der Waals surface area contributed by atoms with Crippen LogP contribution in [0.5, 0.6) is 5.88 Å². The number of carbonyl (C=O) groups is 2. The average Bonchev–Trinajstić information content (AvgIpc) is 2.41. The fraction of sp³-hybridized carbons (Fsp3) is 0.533. The van der Waals surface area contributed by atoms with Crippen LogP contribution in [0, 0.1) is 0 Å². The van der Waals surface area contributed by atoms with Crippen LogP contribution in [-0.2, 0) is 4.79 Å². The molecule has 0 saturated heterocycles. The van der Waals surface area contributed by atoms with E-state index in [1.165, 1.54) is 6.42 Å². The predicted molar refractivity (Wildman–Crippen MR) is 76.3 cm³/mol. The van der Waals surface area contributed by atoms with E-state index >= 15 is 0 Å². The Kier molecular flexibility index (Phi) is 5.14. The molecular formula is C15H20N2O4. The van der Waals surface area contributed by atoms with E-state index < -0.39 is 5.97 Å². The maximum atomic E-state index is 12.1. The van der Waals surface area contributed by atoms with Crippen molar-refractivity contribution in [3.8, 4) is 5.88 Å². The lowest BCUT2D eigenvalue weighted by atomic mass is 9.96. The number of pyridine rings is 1. The summed E-state index contributed by atoms with van der Waals surface area (Å²) >= 11 is 0. The third-order valence-corrected chi connectivity index (χ3v) is 3.51. The van der Waals surface area contributed by atoms with Crippen molar-refractivity contribution in [3.63, 3.8) is 0 Å². The molecule has 0 bridgehead atoms. The van der Waals surface area contributed by atoms with Gasteiger partial charge in [-0.05, 0) is 38.7 Å². The summed E-state index contributed by atoms with van der Waals surface area (Å²) in [6.07, 6.45) is 5.43. The van der Waals surface area contributed by atoms with E-state index in [9.17, 15) is 9.59 Å². The van der Waals surface area contributed by atoms with Gasteiger partial charge in [0, 0.05) is 30.3 Å². The van der Waals surface area contributed by atoms with Crippen molar-refractivity contribution in [2.75, 3.05) is 0 Å². The summed E-state index contributed by atoms with van der Waals surface area (Å²) < 4.78 is 5.66. The highest BCUT2D eigenvalue weighted by Gasteiger charge is 2.20. The molecule has 0 aliphatic heterocycles. The highest BCUT2D eigenvalue weighted by atomic mass is 16.5. The van der Waals surface area contributed by atoms with Gasteiger partial charge in [-0.15, -0.1) is 0 Å². The van der Waals surface area contributed by atoms with Gasteiger partial charge in [0.05, 0.1) is 0 Å². The molecule has 2 rings (SSSR count). The normalized spacial score (nSPS) is 15.9. The smallest absolute Gasteiger partial charge is 0.303 e. The third-order valence-electron chi connectivity index (χ3n) is 3.51. The number of hydrogen-bond acceptors (Lipinski definition) is 4. The molecule has 1 aliphatic carbocycles. The molecule has 6 nitrogen and oxygen atoms in total. The van der Waals surface area contributed by atoms with Crippen LogP contribution < -0.4 is 10.1 Å². The Morgan fingerprint density at radius 3 is 2.90 bits per heavy atom. The fourth-order valence-corrected chi connectivity index (χ4v) is 1.99. The molecule has 0 radical (unpaired) electrons. The van der Waals surface area contributed by atoms with Gasteiger partial charge in [0.1, 0.15) is 6.10 Å². The number of amides is 1. The van der Waals surface area contributed by atoms with E-state index in [1.807, 2.05) is 0 Å². The van der Waals surface area contributed by atoms with E-state index in [2.05, 4.69) is 10.3 Å². The lowest BCUT2D eigenvalue weighted by Crippen LogP contribution is -2.33. The summed E-state index contributed by atoms with van der Waals surface area (Å²) in [5.74, 6) is -0.643. The summed E-state index contributed by atoms with van der Waals surface area (Å²) in [7, 11) is 0. The molecule has 1 heterocycles. The highest BCUT2D eigenvalue weighted by Crippen LogP contribution is 2.24. The number of hydrogen-bond donors (Lipinski definition) is 2. The van der Waals surface area contributed by atoms with Crippen LogP contribution in [0.2, 0.25) is 0 Å². The number of carboxylic acids is 1. The summed E-state index contributed by atoms with van der Waals surface area (Å²) in [5.41, 5.74) is 0.474. The van der Waals surface area contributed by atoms with Crippen molar-refractivity contribution in [2.45, 2.75) is 51.2 Å². The van der Waals surface area contributed by atoms with Gasteiger partial charge >= 0.3 is 5.97 Å². The molecule has 0 aromatic carbocycles. The Morgan fingerprint density at radius 1 is 1.52 bits per heavy atom. The quantitative estimate of drug-likeness (QED) is 0.802. The maximum Gasteiger partial charge on any atom is 0.303 e. The van der Waals surface area contributed by atoms with Gasteiger partial charge in [-0.3, -0.25) is 9.59 Å². The fourth-order valence-electron chi connectivity index (χ4n) is 1.99. The first-order valence-corrected chi connectivity index (χ1v) is 7.20. The number of aromatic nitrogens is 1. The van der Waals surface area contributed by atoms with Crippen LogP contribution in [-0.4, -0.2) is 34.1 Å². The van der Waals surface area contributed by atoms with E-state index in [1.54, 1.807) is 25.3 Å². The van der Waals surface area contributed by atoms with E-state index in [0.29, 0.717) is 17.9 Å². The van der Waals surface area contributed by atoms with Crippen molar-refractivity contribution in [1.82, 2.24) is 10.3 Å². The largest absolute Gasteiger partial charge is 0.481 e. The molecule has 1 unspecified atom stereocenters. The van der Waals surface area contributed by atoms with Crippen molar-refractivity contribution < 1.29 is 19.4 Å². The van der Waals surface area contributed by atoms with Gasteiger partial charge < -0.3 is 15.2 Å². The van der Waals surface area contributed by atoms with Crippen LogP contribution in [0.3, 0.4) is 0 Å². The lowest BCUT2D eigenvalue weighted by molar-refractivity contribution is -0.137. The lowest BCUT2D eigenvalue weighted by Gasteiger charge is -2.25. The Balaban J connectivity index is 1.88. The minimum atomic E-state index is -0.865. The molecule has 114 valence electrons. The first-order chi connectivity index (χ1) is 10.0. The molecule has 1 saturated carbocycles. The number of ether oxygens (including phenoxy) is 1. The van der Waals surface area contributed by atoms with Crippen LogP contribution >= 0.6 is 0 Å². The minimum Gasteiger partial charge on any atom is -0.481 e. The van der Waals surface area contributed by atoms with Crippen molar-refractivity contribution in [3.05, 3.63) is 23.9 Å². The molecule has 1 fully saturated rings. The first kappa shape index (κ1) is 15.3. The van der Waals surface area contributed by atoms with Crippen LogP contribution in [0.1, 0.15) is 49.4 Å². The Labute approximate surface area is 123 Å². The maximum absolute atomic E-state index is 12.1. The Morgan fingerprint density at radius 2 is 2.29 bits per heavy atom. The SMILES string of the molecule is CC(CCC(=O)O)NC(=O)c1ccnc(OC2CCC2)c1. The summed E-state index contributed by atoms with van der Waals surface area (Å²) in [5, 5.41) is 11.4. The minimum absolute atomic E-state index is 0.0355. The van der Waals surface area contributed by atoms with Crippen LogP contribution in [0.4, 0.5) is 0 Å². The van der Waals surface area contributed by atoms with Gasteiger partial charge in [-0.1, -0.05) is 0 Å². The van der Waals surface area contributed by atoms with Crippen LogP contribution in [0.25, 0.3) is 0 Å². The number of rotatable bonds is 7. The number of aliphatic carboxylic acids is 1. The summed E-state index contributed by atoms with van der Waals surface area (Å²) in [4.78, 5) is 26.7. The number of carbonyl (C=O) groups excluding carboxylic acids is 1. The zero-order valence-corrected chi connectivity index (χ0v) is 12.0. The third kappa shape index (κ3) is 4.73. The topological polar surface area (TPSA) is 88.5 Å². The zero-order chi connectivity index (χ0) is 15.2. The van der Waals surface area contributed by atoms with Gasteiger partial charge in [0.25, 0.3) is 5.91 Å². The standard InChI is InChI=1S/C15H20N2O4/c1-10(5-6-14(18)19)17-15(20)11-7-8-16-13(9-11)21-12-3-2-4-12/h7-10,12H,2-6H2,1H3,(H,17,20)(H,18,19). The molecule has 21 heavy (non-hydrogen) atoms. The Bertz CT molecular complexity index is 514.